The van der Waals surface area contributed by atoms with Crippen molar-refractivity contribution in [3.05, 3.63) is 48.3 Å². The summed E-state index contributed by atoms with van der Waals surface area (Å²) in [4.78, 5) is 0. The first-order valence-electron chi connectivity index (χ1n) is 5.63. The van der Waals surface area contributed by atoms with Gasteiger partial charge in [0, 0.05) is 12.4 Å². The number of hydrogen-bond donors (Lipinski definition) is 1. The minimum atomic E-state index is -4.70. The average Bonchev–Trinajstić information content (AvgIpc) is 2.80. The van der Waals surface area contributed by atoms with Crippen LogP contribution < -0.4 is 0 Å². The van der Waals surface area contributed by atoms with E-state index in [4.69, 9.17) is 5.11 Å². The van der Waals surface area contributed by atoms with E-state index >= 15 is 0 Å². The first-order chi connectivity index (χ1) is 9.27. The molecule has 1 aromatic carbocycles. The topological polar surface area (TPSA) is 25.2 Å². The standard InChI is InChI=1S/C13H10F5NO/c14-10-2-1-8(5-11(10)15)9-3-4-19(6-9)7-12(20)13(16,17)18/h1-6,12,20H,7H2. The minimum absolute atomic E-state index is 0.337. The molecule has 2 aromatic rings. The van der Waals surface area contributed by atoms with Crippen LogP contribution in [-0.2, 0) is 6.54 Å². The number of halogens is 5. The molecule has 0 spiro atoms. The van der Waals surface area contributed by atoms with Crippen molar-refractivity contribution in [2.75, 3.05) is 0 Å². The Labute approximate surface area is 111 Å². The van der Waals surface area contributed by atoms with Crippen LogP contribution in [0.1, 0.15) is 0 Å². The maximum Gasteiger partial charge on any atom is 0.416 e. The van der Waals surface area contributed by atoms with Gasteiger partial charge in [-0.25, -0.2) is 8.78 Å². The van der Waals surface area contributed by atoms with Crippen LogP contribution in [0.5, 0.6) is 0 Å². The third-order valence-electron chi connectivity index (χ3n) is 2.77. The second-order valence-electron chi connectivity index (χ2n) is 4.28. The van der Waals surface area contributed by atoms with Crippen molar-refractivity contribution in [1.82, 2.24) is 4.57 Å². The van der Waals surface area contributed by atoms with Crippen LogP contribution in [0.15, 0.2) is 36.7 Å². The molecule has 2 nitrogen and oxygen atoms in total. The Hall–Kier alpha value is -1.89. The van der Waals surface area contributed by atoms with E-state index in [9.17, 15) is 22.0 Å². The molecule has 1 unspecified atom stereocenters. The first-order valence-corrected chi connectivity index (χ1v) is 5.63. The van der Waals surface area contributed by atoms with Gasteiger partial charge in [0.25, 0.3) is 0 Å². The van der Waals surface area contributed by atoms with Crippen LogP contribution in [0, 0.1) is 11.6 Å². The summed E-state index contributed by atoms with van der Waals surface area (Å²) in [6.07, 6.45) is -4.53. The summed E-state index contributed by atoms with van der Waals surface area (Å²) in [5, 5.41) is 8.94. The van der Waals surface area contributed by atoms with Gasteiger partial charge in [0.2, 0.25) is 0 Å². The normalized spacial score (nSPS) is 13.5. The van der Waals surface area contributed by atoms with E-state index in [0.29, 0.717) is 11.1 Å². The number of alkyl halides is 3. The Kier molecular flexibility index (Phi) is 3.80. The highest BCUT2D eigenvalue weighted by Crippen LogP contribution is 2.24. The number of rotatable bonds is 3. The number of aromatic nitrogens is 1. The lowest BCUT2D eigenvalue weighted by Gasteiger charge is -2.14. The van der Waals surface area contributed by atoms with E-state index in [2.05, 4.69) is 0 Å². The SMILES string of the molecule is OC(Cn1ccc(-c2ccc(F)c(F)c2)c1)C(F)(F)F. The molecule has 1 N–H and O–H groups in total. The van der Waals surface area contributed by atoms with Gasteiger partial charge in [0.15, 0.2) is 17.7 Å². The molecule has 1 atom stereocenters. The smallest absolute Gasteiger partial charge is 0.382 e. The van der Waals surface area contributed by atoms with Crippen LogP contribution in [-0.4, -0.2) is 22.0 Å². The van der Waals surface area contributed by atoms with Crippen LogP contribution in [0.2, 0.25) is 0 Å². The summed E-state index contributed by atoms with van der Waals surface area (Å²) < 4.78 is 63.6. The molecule has 1 aromatic heterocycles. The fourth-order valence-corrected chi connectivity index (χ4v) is 1.70. The van der Waals surface area contributed by atoms with Gasteiger partial charge in [-0.05, 0) is 29.3 Å². The highest BCUT2D eigenvalue weighted by Gasteiger charge is 2.38. The number of aliphatic hydroxyl groups excluding tert-OH is 1. The van der Waals surface area contributed by atoms with Crippen molar-refractivity contribution < 1.29 is 27.1 Å². The number of nitrogens with zero attached hydrogens (tertiary/aromatic N) is 1. The molecule has 0 aliphatic rings. The lowest BCUT2D eigenvalue weighted by atomic mass is 10.1. The predicted octanol–water partition coefficient (Wildman–Crippen LogP) is 3.36. The van der Waals surface area contributed by atoms with Crippen molar-refractivity contribution in [2.45, 2.75) is 18.8 Å². The lowest BCUT2D eigenvalue weighted by molar-refractivity contribution is -0.207. The van der Waals surface area contributed by atoms with Gasteiger partial charge in [-0.3, -0.25) is 0 Å². The van der Waals surface area contributed by atoms with E-state index in [-0.39, 0.29) is 0 Å². The second-order valence-corrected chi connectivity index (χ2v) is 4.28. The fourth-order valence-electron chi connectivity index (χ4n) is 1.70. The van der Waals surface area contributed by atoms with Gasteiger partial charge >= 0.3 is 6.18 Å². The van der Waals surface area contributed by atoms with E-state index < -0.39 is 30.5 Å². The third kappa shape index (κ3) is 3.16. The Bertz CT molecular complexity index is 605. The molecule has 0 amide bonds. The third-order valence-corrected chi connectivity index (χ3v) is 2.77. The largest absolute Gasteiger partial charge is 0.416 e. The van der Waals surface area contributed by atoms with Crippen molar-refractivity contribution in [2.24, 2.45) is 0 Å². The molecule has 0 saturated carbocycles. The fraction of sp³-hybridized carbons (Fsp3) is 0.231. The van der Waals surface area contributed by atoms with Crippen molar-refractivity contribution in [3.63, 3.8) is 0 Å². The van der Waals surface area contributed by atoms with Crippen LogP contribution in [0.4, 0.5) is 22.0 Å². The predicted molar refractivity (Wildman–Crippen MR) is 61.8 cm³/mol. The Balaban J connectivity index is 2.18. The van der Waals surface area contributed by atoms with Gasteiger partial charge < -0.3 is 9.67 Å². The second kappa shape index (κ2) is 5.24. The maximum absolute atomic E-state index is 13.1. The summed E-state index contributed by atoms with van der Waals surface area (Å²) in [5.41, 5.74) is 0.766. The molecule has 1 heterocycles. The summed E-state index contributed by atoms with van der Waals surface area (Å²) in [6, 6.07) is 4.66. The van der Waals surface area contributed by atoms with Crippen molar-refractivity contribution in [1.29, 1.82) is 0 Å². The molecule has 2 rings (SSSR count). The summed E-state index contributed by atoms with van der Waals surface area (Å²) >= 11 is 0. The molecule has 0 fully saturated rings. The quantitative estimate of drug-likeness (QED) is 0.862. The van der Waals surface area contributed by atoms with Crippen molar-refractivity contribution >= 4 is 0 Å². The zero-order chi connectivity index (χ0) is 14.9. The summed E-state index contributed by atoms with van der Waals surface area (Å²) in [6.45, 7) is -0.660. The van der Waals surface area contributed by atoms with Crippen LogP contribution in [0.3, 0.4) is 0 Å². The molecule has 7 heteroatoms. The molecule has 0 bridgehead atoms. The number of hydrogen-bond acceptors (Lipinski definition) is 1. The molecule has 20 heavy (non-hydrogen) atoms. The van der Waals surface area contributed by atoms with E-state index in [1.54, 1.807) is 0 Å². The first kappa shape index (κ1) is 14.5. The van der Waals surface area contributed by atoms with Crippen molar-refractivity contribution in [3.8, 4) is 11.1 Å². The summed E-state index contributed by atoms with van der Waals surface area (Å²) in [5.74, 6) is -2.04. The molecule has 0 saturated heterocycles. The zero-order valence-electron chi connectivity index (χ0n) is 10.0. The zero-order valence-corrected chi connectivity index (χ0v) is 10.0. The minimum Gasteiger partial charge on any atom is -0.382 e. The van der Waals surface area contributed by atoms with Crippen LogP contribution >= 0.6 is 0 Å². The Morgan fingerprint density at radius 2 is 1.75 bits per heavy atom. The molecule has 0 aliphatic heterocycles. The number of benzene rings is 1. The monoisotopic (exact) mass is 291 g/mol. The van der Waals surface area contributed by atoms with Gasteiger partial charge in [-0.2, -0.15) is 13.2 Å². The van der Waals surface area contributed by atoms with Crippen LogP contribution in [0.25, 0.3) is 11.1 Å². The lowest BCUT2D eigenvalue weighted by Crippen LogP contribution is -2.32. The molecule has 0 aliphatic carbocycles. The Morgan fingerprint density at radius 3 is 2.35 bits per heavy atom. The number of aliphatic hydroxyl groups is 1. The summed E-state index contributed by atoms with van der Waals surface area (Å²) in [7, 11) is 0. The molecular weight excluding hydrogens is 281 g/mol. The van der Waals surface area contributed by atoms with E-state index in [0.717, 1.165) is 16.7 Å². The van der Waals surface area contributed by atoms with Gasteiger partial charge in [-0.15, -0.1) is 0 Å². The van der Waals surface area contributed by atoms with E-state index in [1.165, 1.54) is 24.5 Å². The molecular formula is C13H10F5NO. The molecule has 0 radical (unpaired) electrons. The van der Waals surface area contributed by atoms with Gasteiger partial charge in [0.1, 0.15) is 0 Å². The Morgan fingerprint density at radius 1 is 1.05 bits per heavy atom. The highest BCUT2D eigenvalue weighted by molar-refractivity contribution is 5.62. The average molecular weight is 291 g/mol. The molecule has 108 valence electrons. The maximum atomic E-state index is 13.1. The van der Waals surface area contributed by atoms with E-state index in [1.807, 2.05) is 0 Å². The van der Waals surface area contributed by atoms with Gasteiger partial charge in [-0.1, -0.05) is 6.07 Å². The highest BCUT2D eigenvalue weighted by atomic mass is 19.4. The van der Waals surface area contributed by atoms with Gasteiger partial charge in [0.05, 0.1) is 6.54 Å².